The van der Waals surface area contributed by atoms with Gasteiger partial charge in [-0.15, -0.1) is 0 Å². The Labute approximate surface area is 105 Å². The molecule has 0 bridgehead atoms. The van der Waals surface area contributed by atoms with Crippen LogP contribution in [0.1, 0.15) is 27.7 Å². The van der Waals surface area contributed by atoms with Gasteiger partial charge < -0.3 is 10.0 Å². The lowest BCUT2D eigenvalue weighted by molar-refractivity contribution is -0.144. The van der Waals surface area contributed by atoms with E-state index in [-0.39, 0.29) is 17.9 Å². The first-order valence-electron chi connectivity index (χ1n) is 6.52. The van der Waals surface area contributed by atoms with Crippen molar-refractivity contribution in [1.29, 1.82) is 0 Å². The van der Waals surface area contributed by atoms with Crippen LogP contribution in [0, 0.1) is 11.3 Å². The summed E-state index contributed by atoms with van der Waals surface area (Å²) < 4.78 is 0. The number of amides is 1. The SMILES string of the molecule is CC(C)C(C)(C)C(=O)N1CCN(CCO)CC1. The second-order valence-corrected chi connectivity index (χ2v) is 5.73. The molecule has 17 heavy (non-hydrogen) atoms. The number of aliphatic hydroxyl groups is 1. The van der Waals surface area contributed by atoms with Gasteiger partial charge in [0, 0.05) is 38.1 Å². The minimum atomic E-state index is -0.279. The first-order valence-corrected chi connectivity index (χ1v) is 6.52. The predicted molar refractivity (Wildman–Crippen MR) is 68.7 cm³/mol. The Kier molecular flexibility index (Phi) is 4.95. The third kappa shape index (κ3) is 3.42. The molecule has 1 fully saturated rings. The Morgan fingerprint density at radius 3 is 2.18 bits per heavy atom. The van der Waals surface area contributed by atoms with Crippen LogP contribution in [0.3, 0.4) is 0 Å². The largest absolute Gasteiger partial charge is 0.395 e. The molecule has 0 unspecified atom stereocenters. The molecule has 1 rings (SSSR count). The molecule has 0 aromatic carbocycles. The zero-order valence-electron chi connectivity index (χ0n) is 11.6. The molecular formula is C13H26N2O2. The zero-order valence-corrected chi connectivity index (χ0v) is 11.6. The van der Waals surface area contributed by atoms with Crippen molar-refractivity contribution in [3.05, 3.63) is 0 Å². The molecule has 4 heteroatoms. The normalized spacial score (nSPS) is 18.8. The van der Waals surface area contributed by atoms with E-state index in [0.717, 1.165) is 32.7 Å². The number of carbonyl (C=O) groups is 1. The lowest BCUT2D eigenvalue weighted by atomic mass is 9.79. The Balaban J connectivity index is 2.51. The Hall–Kier alpha value is -0.610. The quantitative estimate of drug-likeness (QED) is 0.793. The summed E-state index contributed by atoms with van der Waals surface area (Å²) in [7, 11) is 0. The van der Waals surface area contributed by atoms with Crippen molar-refractivity contribution in [2.24, 2.45) is 11.3 Å². The first kappa shape index (κ1) is 14.5. The maximum absolute atomic E-state index is 12.4. The molecule has 1 heterocycles. The molecular weight excluding hydrogens is 216 g/mol. The lowest BCUT2D eigenvalue weighted by Crippen LogP contribution is -2.53. The Morgan fingerprint density at radius 1 is 1.24 bits per heavy atom. The Bertz CT molecular complexity index is 256. The summed E-state index contributed by atoms with van der Waals surface area (Å²) in [6.07, 6.45) is 0. The predicted octanol–water partition coefficient (Wildman–Crippen LogP) is 0.805. The van der Waals surface area contributed by atoms with E-state index in [1.165, 1.54) is 0 Å². The molecule has 0 aromatic heterocycles. The number of hydrogen-bond acceptors (Lipinski definition) is 3. The summed E-state index contributed by atoms with van der Waals surface area (Å²) in [6.45, 7) is 12.5. The fraction of sp³-hybridized carbons (Fsp3) is 0.923. The van der Waals surface area contributed by atoms with Crippen molar-refractivity contribution in [2.45, 2.75) is 27.7 Å². The van der Waals surface area contributed by atoms with Crippen LogP contribution >= 0.6 is 0 Å². The number of nitrogens with zero attached hydrogens (tertiary/aromatic N) is 2. The molecule has 1 amide bonds. The van der Waals surface area contributed by atoms with Gasteiger partial charge in [0.2, 0.25) is 5.91 Å². The van der Waals surface area contributed by atoms with Crippen LogP contribution in [-0.4, -0.2) is 60.1 Å². The van der Waals surface area contributed by atoms with E-state index in [9.17, 15) is 4.79 Å². The highest BCUT2D eigenvalue weighted by Crippen LogP contribution is 2.28. The van der Waals surface area contributed by atoms with Crippen LogP contribution < -0.4 is 0 Å². The van der Waals surface area contributed by atoms with E-state index in [2.05, 4.69) is 18.7 Å². The number of carbonyl (C=O) groups excluding carboxylic acids is 1. The van der Waals surface area contributed by atoms with Crippen LogP contribution in [0.25, 0.3) is 0 Å². The first-order chi connectivity index (χ1) is 7.89. The van der Waals surface area contributed by atoms with Crippen LogP contribution in [0.2, 0.25) is 0 Å². The third-order valence-electron chi connectivity index (χ3n) is 4.07. The second-order valence-electron chi connectivity index (χ2n) is 5.73. The lowest BCUT2D eigenvalue weighted by Gasteiger charge is -2.39. The van der Waals surface area contributed by atoms with E-state index < -0.39 is 0 Å². The molecule has 0 radical (unpaired) electrons. The number of aliphatic hydroxyl groups excluding tert-OH is 1. The summed E-state index contributed by atoms with van der Waals surface area (Å²) in [6, 6.07) is 0. The van der Waals surface area contributed by atoms with Gasteiger partial charge in [-0.1, -0.05) is 27.7 Å². The maximum Gasteiger partial charge on any atom is 0.228 e. The van der Waals surface area contributed by atoms with Crippen molar-refractivity contribution in [3.63, 3.8) is 0 Å². The van der Waals surface area contributed by atoms with Gasteiger partial charge in [-0.3, -0.25) is 9.69 Å². The minimum absolute atomic E-state index is 0.200. The molecule has 4 nitrogen and oxygen atoms in total. The summed E-state index contributed by atoms with van der Waals surface area (Å²) in [5.74, 6) is 0.613. The molecule has 0 spiro atoms. The van der Waals surface area contributed by atoms with E-state index in [1.807, 2.05) is 18.7 Å². The van der Waals surface area contributed by atoms with Gasteiger partial charge in [-0.05, 0) is 5.92 Å². The summed E-state index contributed by atoms with van der Waals surface area (Å²) in [5.41, 5.74) is -0.279. The fourth-order valence-electron chi connectivity index (χ4n) is 1.97. The highest BCUT2D eigenvalue weighted by atomic mass is 16.3. The van der Waals surface area contributed by atoms with Gasteiger partial charge >= 0.3 is 0 Å². The third-order valence-corrected chi connectivity index (χ3v) is 4.07. The number of hydrogen-bond donors (Lipinski definition) is 1. The van der Waals surface area contributed by atoms with E-state index in [0.29, 0.717) is 5.92 Å². The van der Waals surface area contributed by atoms with Gasteiger partial charge in [-0.2, -0.15) is 0 Å². The molecule has 0 aromatic rings. The van der Waals surface area contributed by atoms with Crippen molar-refractivity contribution >= 4 is 5.91 Å². The van der Waals surface area contributed by atoms with Crippen molar-refractivity contribution < 1.29 is 9.90 Å². The van der Waals surface area contributed by atoms with Gasteiger partial charge in [0.05, 0.1) is 6.61 Å². The van der Waals surface area contributed by atoms with E-state index in [1.54, 1.807) is 0 Å². The molecule has 1 saturated heterocycles. The van der Waals surface area contributed by atoms with Crippen LogP contribution in [-0.2, 0) is 4.79 Å². The molecule has 100 valence electrons. The van der Waals surface area contributed by atoms with Crippen molar-refractivity contribution in [3.8, 4) is 0 Å². The smallest absolute Gasteiger partial charge is 0.228 e. The Morgan fingerprint density at radius 2 is 1.76 bits per heavy atom. The topological polar surface area (TPSA) is 43.8 Å². The highest BCUT2D eigenvalue weighted by molar-refractivity contribution is 5.82. The van der Waals surface area contributed by atoms with E-state index >= 15 is 0 Å². The molecule has 1 aliphatic rings. The molecule has 1 N–H and O–H groups in total. The highest BCUT2D eigenvalue weighted by Gasteiger charge is 2.35. The van der Waals surface area contributed by atoms with Gasteiger partial charge in [0.25, 0.3) is 0 Å². The van der Waals surface area contributed by atoms with Crippen LogP contribution in [0.5, 0.6) is 0 Å². The number of β-amino-alcohol motifs (C(OH)–C–C–N with tert-alkyl or cyclic N) is 1. The molecule has 0 atom stereocenters. The summed E-state index contributed by atoms with van der Waals surface area (Å²) in [5, 5.41) is 8.87. The summed E-state index contributed by atoms with van der Waals surface area (Å²) >= 11 is 0. The summed E-state index contributed by atoms with van der Waals surface area (Å²) in [4.78, 5) is 16.6. The average molecular weight is 242 g/mol. The number of piperazine rings is 1. The maximum atomic E-state index is 12.4. The average Bonchev–Trinajstić information content (AvgIpc) is 2.29. The van der Waals surface area contributed by atoms with Crippen molar-refractivity contribution in [2.75, 3.05) is 39.3 Å². The van der Waals surface area contributed by atoms with Gasteiger partial charge in [0.1, 0.15) is 0 Å². The monoisotopic (exact) mass is 242 g/mol. The van der Waals surface area contributed by atoms with E-state index in [4.69, 9.17) is 5.11 Å². The zero-order chi connectivity index (χ0) is 13.1. The van der Waals surface area contributed by atoms with Gasteiger partial charge in [-0.25, -0.2) is 0 Å². The van der Waals surface area contributed by atoms with Crippen molar-refractivity contribution in [1.82, 2.24) is 9.80 Å². The molecule has 0 saturated carbocycles. The standard InChI is InChI=1S/C13H26N2O2/c1-11(2)13(3,4)12(17)15-7-5-14(6-8-15)9-10-16/h11,16H,5-10H2,1-4H3. The molecule has 0 aliphatic carbocycles. The van der Waals surface area contributed by atoms with Gasteiger partial charge in [0.15, 0.2) is 0 Å². The second kappa shape index (κ2) is 5.83. The molecule has 1 aliphatic heterocycles. The van der Waals surface area contributed by atoms with Crippen LogP contribution in [0.15, 0.2) is 0 Å². The number of rotatable bonds is 4. The minimum Gasteiger partial charge on any atom is -0.395 e. The van der Waals surface area contributed by atoms with Crippen LogP contribution in [0.4, 0.5) is 0 Å². The fourth-order valence-corrected chi connectivity index (χ4v) is 1.97.